The van der Waals surface area contributed by atoms with E-state index in [0.717, 1.165) is 42.6 Å². The number of fused-ring (bicyclic) bond motifs is 1. The molecule has 0 saturated carbocycles. The van der Waals surface area contributed by atoms with Gasteiger partial charge >= 0.3 is 0 Å². The van der Waals surface area contributed by atoms with Crippen molar-refractivity contribution in [2.24, 2.45) is 5.92 Å². The highest BCUT2D eigenvalue weighted by Gasteiger charge is 2.45. The molecule has 3 saturated heterocycles. The van der Waals surface area contributed by atoms with Gasteiger partial charge in [-0.05, 0) is 73.6 Å². The smallest absolute Gasteiger partial charge is 0.274 e. The molecule has 61 heavy (non-hydrogen) atoms. The molecule has 3 fully saturated rings. The molecule has 2 aromatic heterocycles. The fourth-order valence-electron chi connectivity index (χ4n) is 7.92. The van der Waals surface area contributed by atoms with Gasteiger partial charge in [-0.3, -0.25) is 48.8 Å². The second-order valence-electron chi connectivity index (χ2n) is 15.3. The molecule has 0 spiro atoms. The van der Waals surface area contributed by atoms with Gasteiger partial charge in [-0.2, -0.15) is 0 Å². The summed E-state index contributed by atoms with van der Waals surface area (Å²) < 4.78 is 5.69. The average molecular weight is 852 g/mol. The molecule has 4 aliphatic heterocycles. The van der Waals surface area contributed by atoms with Crippen molar-refractivity contribution in [2.75, 3.05) is 69.7 Å². The summed E-state index contributed by atoms with van der Waals surface area (Å²) in [6.45, 7) is 4.15. The lowest BCUT2D eigenvalue weighted by Gasteiger charge is -2.35. The number of thioether (sulfide) groups is 1. The van der Waals surface area contributed by atoms with E-state index in [2.05, 4.69) is 25.8 Å². The van der Waals surface area contributed by atoms with Gasteiger partial charge in [0.25, 0.3) is 17.7 Å². The first-order chi connectivity index (χ1) is 29.7. The summed E-state index contributed by atoms with van der Waals surface area (Å²) in [6, 6.07) is 11.2. The van der Waals surface area contributed by atoms with E-state index in [1.807, 2.05) is 21.9 Å². The molecule has 17 nitrogen and oxygen atoms in total. The van der Waals surface area contributed by atoms with Crippen LogP contribution in [0.5, 0.6) is 0 Å². The first kappa shape index (κ1) is 43.1. The minimum Gasteiger partial charge on any atom is -0.371 e. The van der Waals surface area contributed by atoms with Gasteiger partial charge in [0.05, 0.1) is 17.7 Å². The van der Waals surface area contributed by atoms with Crippen molar-refractivity contribution in [2.45, 2.75) is 55.9 Å². The molecular formula is C43H49N9O8S. The molecule has 2 N–H and O–H groups in total. The normalized spacial score (nSPS) is 18.5. The summed E-state index contributed by atoms with van der Waals surface area (Å²) in [4.78, 5) is 99.8. The van der Waals surface area contributed by atoms with E-state index in [-0.39, 0.29) is 54.9 Å². The number of hydrogen-bond donors (Lipinski definition) is 2. The molecule has 4 aliphatic rings. The maximum Gasteiger partial charge on any atom is 0.274 e. The van der Waals surface area contributed by atoms with Gasteiger partial charge in [-0.15, -0.1) is 22.0 Å². The van der Waals surface area contributed by atoms with Crippen molar-refractivity contribution < 1.29 is 38.3 Å². The minimum atomic E-state index is -1.03. The van der Waals surface area contributed by atoms with E-state index < -0.39 is 29.7 Å². The Morgan fingerprint density at radius 3 is 2.44 bits per heavy atom. The molecule has 18 heteroatoms. The predicted octanol–water partition coefficient (Wildman–Crippen LogP) is 2.58. The van der Waals surface area contributed by atoms with Gasteiger partial charge in [0.1, 0.15) is 12.6 Å². The summed E-state index contributed by atoms with van der Waals surface area (Å²) >= 11 is 1.32. The first-order valence-corrected chi connectivity index (χ1v) is 21.7. The number of hydrogen-bond acceptors (Lipinski definition) is 13. The third-order valence-corrected chi connectivity index (χ3v) is 12.3. The van der Waals surface area contributed by atoms with Crippen LogP contribution in [0.2, 0.25) is 0 Å². The number of anilines is 1. The van der Waals surface area contributed by atoms with Crippen molar-refractivity contribution in [3.63, 3.8) is 0 Å². The van der Waals surface area contributed by atoms with Gasteiger partial charge in [0.15, 0.2) is 11.5 Å². The van der Waals surface area contributed by atoms with Crippen LogP contribution in [-0.2, 0) is 23.9 Å². The van der Waals surface area contributed by atoms with E-state index >= 15 is 0 Å². The van der Waals surface area contributed by atoms with E-state index in [4.69, 9.17) is 4.74 Å². The number of amides is 7. The molecule has 0 radical (unpaired) electrons. The van der Waals surface area contributed by atoms with Crippen LogP contribution in [0.4, 0.5) is 5.82 Å². The predicted molar refractivity (Wildman–Crippen MR) is 224 cm³/mol. The lowest BCUT2D eigenvalue weighted by Crippen LogP contribution is -2.54. The summed E-state index contributed by atoms with van der Waals surface area (Å²) in [5.41, 5.74) is 1.63. The van der Waals surface area contributed by atoms with Crippen LogP contribution in [0.3, 0.4) is 0 Å². The third kappa shape index (κ3) is 10.8. The summed E-state index contributed by atoms with van der Waals surface area (Å²) in [6.07, 6.45) is 11.6. The standard InChI is InChI=1S/C43H49N9O8S/c53-36(13-9-30-6-4-17-44-27-30)45-18-2-1-5-29-15-19-51(20-16-29)42(58)32-10-12-35(48-47-32)49-21-23-50(24-22-49)38(55)28-60-25-26-61-34-8-3-7-31-39(34)43(59)52(41(31)57)33-11-14-37(54)46-40(33)56/h3-4,6-10,12-13,17,27,29,33H,1-2,5,11,14-16,18-26,28H2,(H,45,53)(H,46,54,56)/b13-9+. The monoisotopic (exact) mass is 851 g/mol. The quantitative estimate of drug-likeness (QED) is 0.0922. The van der Waals surface area contributed by atoms with Gasteiger partial charge < -0.3 is 24.8 Å². The van der Waals surface area contributed by atoms with Gasteiger partial charge in [0, 0.05) is 81.4 Å². The zero-order chi connectivity index (χ0) is 42.7. The first-order valence-electron chi connectivity index (χ1n) is 20.7. The Morgan fingerprint density at radius 2 is 1.70 bits per heavy atom. The molecule has 3 aromatic rings. The van der Waals surface area contributed by atoms with Crippen molar-refractivity contribution in [1.82, 2.24) is 40.5 Å². The summed E-state index contributed by atoms with van der Waals surface area (Å²) in [5.74, 6) is -0.988. The molecule has 0 bridgehead atoms. The average Bonchev–Trinajstić information content (AvgIpc) is 3.54. The second kappa shape index (κ2) is 20.5. The van der Waals surface area contributed by atoms with E-state index in [9.17, 15) is 33.6 Å². The Kier molecular flexibility index (Phi) is 14.5. The van der Waals surface area contributed by atoms with Crippen LogP contribution in [0.25, 0.3) is 6.08 Å². The Labute approximate surface area is 357 Å². The van der Waals surface area contributed by atoms with E-state index in [1.54, 1.807) is 53.7 Å². The molecule has 1 unspecified atom stereocenters. The zero-order valence-corrected chi connectivity index (χ0v) is 34.6. The number of nitrogens with zero attached hydrogens (tertiary/aromatic N) is 7. The third-order valence-electron chi connectivity index (χ3n) is 11.3. The maximum absolute atomic E-state index is 13.3. The van der Waals surface area contributed by atoms with Crippen LogP contribution in [-0.4, -0.2) is 142 Å². The lowest BCUT2D eigenvalue weighted by atomic mass is 9.91. The molecule has 7 amide bonds. The molecule has 6 heterocycles. The topological polar surface area (TPSA) is 204 Å². The van der Waals surface area contributed by atoms with Crippen molar-refractivity contribution in [3.05, 3.63) is 83.3 Å². The molecule has 1 aromatic carbocycles. The minimum absolute atomic E-state index is 0.0478. The number of piperazine rings is 1. The summed E-state index contributed by atoms with van der Waals surface area (Å²) in [5, 5.41) is 13.7. The van der Waals surface area contributed by atoms with Crippen LogP contribution >= 0.6 is 11.8 Å². The molecular weight excluding hydrogens is 803 g/mol. The van der Waals surface area contributed by atoms with Crippen molar-refractivity contribution in [3.8, 4) is 0 Å². The summed E-state index contributed by atoms with van der Waals surface area (Å²) in [7, 11) is 0. The number of benzene rings is 1. The Hall–Kier alpha value is -6.01. The number of carbonyl (C=O) groups is 7. The van der Waals surface area contributed by atoms with Crippen LogP contribution in [0.15, 0.2) is 65.8 Å². The van der Waals surface area contributed by atoms with Gasteiger partial charge in [0.2, 0.25) is 23.6 Å². The molecule has 1 atom stereocenters. The fourth-order valence-corrected chi connectivity index (χ4v) is 8.86. The number of aromatic nitrogens is 3. The highest BCUT2D eigenvalue weighted by atomic mass is 32.2. The highest BCUT2D eigenvalue weighted by molar-refractivity contribution is 7.99. The Morgan fingerprint density at radius 1 is 0.885 bits per heavy atom. The molecule has 0 aliphatic carbocycles. The maximum atomic E-state index is 13.3. The van der Waals surface area contributed by atoms with Crippen molar-refractivity contribution >= 4 is 65.0 Å². The van der Waals surface area contributed by atoms with Crippen LogP contribution < -0.4 is 15.5 Å². The SMILES string of the molecule is O=C(/C=C/c1cccnc1)NCCCCC1CCN(C(=O)c2ccc(N3CCN(C(=O)COCCSc4cccc5c4C(=O)N(C4CCC(=O)NC4=O)C5=O)CC3)nn2)CC1. The fraction of sp³-hybridized carbons (Fsp3) is 0.442. The lowest BCUT2D eigenvalue weighted by molar-refractivity contribution is -0.137. The highest BCUT2D eigenvalue weighted by Crippen LogP contribution is 2.34. The number of pyridine rings is 1. The number of ether oxygens (including phenoxy) is 1. The largest absolute Gasteiger partial charge is 0.371 e. The zero-order valence-electron chi connectivity index (χ0n) is 33.8. The number of nitrogens with one attached hydrogen (secondary N) is 2. The molecule has 320 valence electrons. The van der Waals surface area contributed by atoms with E-state index in [0.29, 0.717) is 73.9 Å². The van der Waals surface area contributed by atoms with Crippen molar-refractivity contribution in [1.29, 1.82) is 0 Å². The number of imide groups is 2. The van der Waals surface area contributed by atoms with Gasteiger partial charge in [-0.1, -0.05) is 25.0 Å². The number of likely N-dealkylation sites (tertiary alicyclic amines) is 1. The second-order valence-corrected chi connectivity index (χ2v) is 16.5. The molecule has 7 rings (SSSR count). The Bertz CT molecular complexity index is 2140. The number of unbranched alkanes of at least 4 members (excludes halogenated alkanes) is 1. The number of carbonyl (C=O) groups excluding carboxylic acids is 7. The van der Waals surface area contributed by atoms with E-state index in [1.165, 1.54) is 17.8 Å². The van der Waals surface area contributed by atoms with Crippen LogP contribution in [0, 0.1) is 5.92 Å². The number of piperidine rings is 2. The number of rotatable bonds is 16. The Balaban J connectivity index is 0.761. The van der Waals surface area contributed by atoms with Crippen LogP contribution in [0.1, 0.15) is 81.7 Å². The van der Waals surface area contributed by atoms with Gasteiger partial charge in [-0.25, -0.2) is 0 Å².